The van der Waals surface area contributed by atoms with Gasteiger partial charge in [0.1, 0.15) is 0 Å². The molecular formula is C24H28F2N6O2. The molecule has 34 heavy (non-hydrogen) atoms. The van der Waals surface area contributed by atoms with Crippen LogP contribution in [0.4, 0.5) is 13.6 Å². The molecular weight excluding hydrogens is 442 g/mol. The molecule has 3 aromatic rings. The number of aryl methyl sites for hydroxylation is 1. The molecule has 1 unspecified atom stereocenters. The van der Waals surface area contributed by atoms with Gasteiger partial charge in [0, 0.05) is 42.8 Å². The molecule has 0 saturated heterocycles. The van der Waals surface area contributed by atoms with Gasteiger partial charge in [-0.25, -0.2) is 18.6 Å². The number of halogens is 2. The van der Waals surface area contributed by atoms with Crippen molar-refractivity contribution in [3.05, 3.63) is 83.7 Å². The van der Waals surface area contributed by atoms with Crippen molar-refractivity contribution >= 4 is 12.1 Å². The van der Waals surface area contributed by atoms with Crippen LogP contribution in [-0.4, -0.2) is 46.7 Å². The van der Waals surface area contributed by atoms with Crippen LogP contribution in [0.2, 0.25) is 0 Å². The summed E-state index contributed by atoms with van der Waals surface area (Å²) in [7, 11) is 0. The minimum atomic E-state index is -0.908. The van der Waals surface area contributed by atoms with Gasteiger partial charge in [0.25, 0.3) is 0 Å². The molecule has 2 heterocycles. The first-order valence-electron chi connectivity index (χ1n) is 11.1. The van der Waals surface area contributed by atoms with Crippen LogP contribution in [0.1, 0.15) is 42.6 Å². The summed E-state index contributed by atoms with van der Waals surface area (Å²) in [6, 6.07) is 9.34. The first kappa shape index (κ1) is 24.8. The topological polar surface area (TPSA) is 104 Å². The third-order valence-corrected chi connectivity index (χ3v) is 5.04. The number of ether oxygens (including phenoxy) is 1. The summed E-state index contributed by atoms with van der Waals surface area (Å²) < 4.78 is 32.3. The molecule has 0 aliphatic rings. The van der Waals surface area contributed by atoms with E-state index < -0.39 is 17.7 Å². The van der Waals surface area contributed by atoms with E-state index in [0.717, 1.165) is 30.3 Å². The lowest BCUT2D eigenvalue weighted by Gasteiger charge is -2.19. The van der Waals surface area contributed by atoms with E-state index >= 15 is 0 Å². The Hall–Kier alpha value is -3.82. The molecule has 180 valence electrons. The lowest BCUT2D eigenvalue weighted by Crippen LogP contribution is -2.42. The minimum absolute atomic E-state index is 0.233. The molecule has 10 heteroatoms. The Morgan fingerprint density at radius 3 is 2.82 bits per heavy atom. The molecule has 0 bridgehead atoms. The van der Waals surface area contributed by atoms with Gasteiger partial charge in [-0.15, -0.1) is 0 Å². The normalized spacial score (nSPS) is 12.3. The highest BCUT2D eigenvalue weighted by atomic mass is 19.2. The van der Waals surface area contributed by atoms with Gasteiger partial charge < -0.3 is 15.0 Å². The average molecular weight is 471 g/mol. The fourth-order valence-electron chi connectivity index (χ4n) is 3.42. The standard InChI is InChI=1S/C24H28F2N6O2/c1-2-34-24(33)32-23(29-12-5-6-18-15-27-16-31-18)30-13-10-19(22-7-3-4-11-28-22)17-8-9-20(25)21(26)14-17/h3-4,7-9,11,14-16,19H,2,5-6,10,12-13H2,1H3,(H,27,31)(H2,29,30,32,33). The Labute approximate surface area is 196 Å². The number of aromatic amines is 1. The van der Waals surface area contributed by atoms with Crippen LogP contribution in [0.3, 0.4) is 0 Å². The van der Waals surface area contributed by atoms with E-state index in [4.69, 9.17) is 4.74 Å². The quantitative estimate of drug-likeness (QED) is 0.237. The first-order chi connectivity index (χ1) is 16.6. The Bertz CT molecular complexity index is 1060. The van der Waals surface area contributed by atoms with E-state index in [2.05, 4.69) is 30.6 Å². The van der Waals surface area contributed by atoms with Crippen molar-refractivity contribution in [1.29, 1.82) is 0 Å². The smallest absolute Gasteiger partial charge is 0.413 e. The van der Waals surface area contributed by atoms with Crippen LogP contribution in [0.5, 0.6) is 0 Å². The number of nitrogens with zero attached hydrogens (tertiary/aromatic N) is 3. The van der Waals surface area contributed by atoms with Gasteiger partial charge in [0.2, 0.25) is 5.96 Å². The van der Waals surface area contributed by atoms with Gasteiger partial charge in [-0.3, -0.25) is 15.3 Å². The van der Waals surface area contributed by atoms with Gasteiger partial charge in [-0.05, 0) is 56.0 Å². The fourth-order valence-corrected chi connectivity index (χ4v) is 3.42. The highest BCUT2D eigenvalue weighted by Crippen LogP contribution is 2.27. The summed E-state index contributed by atoms with van der Waals surface area (Å²) in [6.07, 6.45) is 6.46. The molecule has 3 N–H and O–H groups in total. The van der Waals surface area contributed by atoms with Crippen LogP contribution >= 0.6 is 0 Å². The summed E-state index contributed by atoms with van der Waals surface area (Å²) in [5.74, 6) is -1.80. The fraction of sp³-hybridized carbons (Fsp3) is 0.333. The van der Waals surface area contributed by atoms with Crippen molar-refractivity contribution in [1.82, 2.24) is 25.6 Å². The zero-order valence-electron chi connectivity index (χ0n) is 18.9. The molecule has 0 aliphatic heterocycles. The summed E-state index contributed by atoms with van der Waals surface area (Å²) in [4.78, 5) is 27.8. The SMILES string of the molecule is CCOC(=O)NC(=NCCCc1cnc[nH]1)NCCC(c1ccc(F)c(F)c1)c1ccccn1. The number of amides is 1. The van der Waals surface area contributed by atoms with E-state index in [1.165, 1.54) is 6.07 Å². The van der Waals surface area contributed by atoms with Gasteiger partial charge in [-0.2, -0.15) is 0 Å². The molecule has 0 saturated carbocycles. The van der Waals surface area contributed by atoms with Gasteiger partial charge in [-0.1, -0.05) is 12.1 Å². The number of nitrogens with one attached hydrogen (secondary N) is 3. The number of H-pyrrole nitrogens is 1. The van der Waals surface area contributed by atoms with Crippen molar-refractivity contribution in [2.24, 2.45) is 4.99 Å². The van der Waals surface area contributed by atoms with Gasteiger partial charge in [0.15, 0.2) is 11.6 Å². The number of aromatic nitrogens is 3. The molecule has 0 aliphatic carbocycles. The zero-order chi connectivity index (χ0) is 24.2. The maximum Gasteiger partial charge on any atom is 0.413 e. The highest BCUT2D eigenvalue weighted by molar-refractivity contribution is 5.93. The van der Waals surface area contributed by atoms with Crippen molar-refractivity contribution < 1.29 is 18.3 Å². The summed E-state index contributed by atoms with van der Waals surface area (Å²) in [5, 5.41) is 5.73. The number of aliphatic imine (C=N–C) groups is 1. The number of carbonyl (C=O) groups excluding carboxylic acids is 1. The number of guanidine groups is 1. The van der Waals surface area contributed by atoms with Crippen LogP contribution in [0.15, 0.2) is 60.1 Å². The van der Waals surface area contributed by atoms with Crippen LogP contribution < -0.4 is 10.6 Å². The molecule has 1 amide bonds. The predicted octanol–water partition coefficient (Wildman–Crippen LogP) is 3.93. The molecule has 1 atom stereocenters. The predicted molar refractivity (Wildman–Crippen MR) is 124 cm³/mol. The van der Waals surface area contributed by atoms with E-state index in [-0.39, 0.29) is 18.5 Å². The Morgan fingerprint density at radius 1 is 1.24 bits per heavy atom. The number of benzene rings is 1. The van der Waals surface area contributed by atoms with Crippen LogP contribution in [0, 0.1) is 11.6 Å². The van der Waals surface area contributed by atoms with Crippen molar-refractivity contribution in [3.8, 4) is 0 Å². The number of hydrogen-bond acceptors (Lipinski definition) is 5. The number of carbonyl (C=O) groups is 1. The van der Waals surface area contributed by atoms with Gasteiger partial charge >= 0.3 is 6.09 Å². The molecule has 0 fully saturated rings. The summed E-state index contributed by atoms with van der Waals surface area (Å²) >= 11 is 0. The number of alkyl carbamates (subject to hydrolysis) is 1. The summed E-state index contributed by atoms with van der Waals surface area (Å²) in [6.45, 7) is 2.82. The Morgan fingerprint density at radius 2 is 2.12 bits per heavy atom. The number of rotatable bonds is 10. The highest BCUT2D eigenvalue weighted by Gasteiger charge is 2.18. The summed E-state index contributed by atoms with van der Waals surface area (Å²) in [5.41, 5.74) is 2.34. The van der Waals surface area contributed by atoms with Crippen molar-refractivity contribution in [3.63, 3.8) is 0 Å². The van der Waals surface area contributed by atoms with Crippen molar-refractivity contribution in [2.75, 3.05) is 19.7 Å². The molecule has 0 radical (unpaired) electrons. The maximum atomic E-state index is 13.9. The lowest BCUT2D eigenvalue weighted by atomic mass is 9.92. The second-order valence-corrected chi connectivity index (χ2v) is 7.45. The van der Waals surface area contributed by atoms with E-state index in [9.17, 15) is 13.6 Å². The second-order valence-electron chi connectivity index (χ2n) is 7.45. The third kappa shape index (κ3) is 7.65. The molecule has 3 rings (SSSR count). The molecule has 1 aromatic carbocycles. The Kier molecular flexibility index (Phi) is 9.51. The molecule has 8 nitrogen and oxygen atoms in total. The lowest BCUT2D eigenvalue weighted by molar-refractivity contribution is 0.157. The number of pyridine rings is 1. The van der Waals surface area contributed by atoms with E-state index in [1.807, 2.05) is 12.1 Å². The third-order valence-electron chi connectivity index (χ3n) is 5.04. The minimum Gasteiger partial charge on any atom is -0.450 e. The monoisotopic (exact) mass is 470 g/mol. The Balaban J connectivity index is 1.66. The molecule has 2 aromatic heterocycles. The second kappa shape index (κ2) is 13.0. The van der Waals surface area contributed by atoms with E-state index in [0.29, 0.717) is 25.1 Å². The average Bonchev–Trinajstić information content (AvgIpc) is 3.35. The number of hydrogen-bond donors (Lipinski definition) is 3. The number of imidazole rings is 1. The maximum absolute atomic E-state index is 13.9. The largest absolute Gasteiger partial charge is 0.450 e. The van der Waals surface area contributed by atoms with Crippen molar-refractivity contribution in [2.45, 2.75) is 32.1 Å². The van der Waals surface area contributed by atoms with Crippen LogP contribution in [0.25, 0.3) is 0 Å². The first-order valence-corrected chi connectivity index (χ1v) is 11.1. The van der Waals surface area contributed by atoms with Gasteiger partial charge in [0.05, 0.1) is 12.9 Å². The van der Waals surface area contributed by atoms with Crippen LogP contribution in [-0.2, 0) is 11.2 Å². The van der Waals surface area contributed by atoms with E-state index in [1.54, 1.807) is 37.8 Å². The molecule has 0 spiro atoms. The zero-order valence-corrected chi connectivity index (χ0v) is 18.9.